The number of hydrogen-bond donors (Lipinski definition) is 2. The number of rotatable bonds is 3. The molecule has 2 aliphatic rings. The number of carbonyl (C=O) groups excluding carboxylic acids is 1. The van der Waals surface area contributed by atoms with Crippen molar-refractivity contribution >= 4 is 21.6 Å². The lowest BCUT2D eigenvalue weighted by molar-refractivity contribution is 0.260. The molecule has 3 N–H and O–H groups in total. The fourth-order valence-electron chi connectivity index (χ4n) is 4.17. The molecule has 0 spiro atoms. The normalized spacial score (nSPS) is 18.8. The lowest BCUT2D eigenvalue weighted by Gasteiger charge is -2.20. The Morgan fingerprint density at radius 1 is 1.38 bits per heavy atom. The van der Waals surface area contributed by atoms with Gasteiger partial charge >= 0.3 is 6.03 Å². The minimum atomic E-state index is -3.81. The van der Waals surface area contributed by atoms with E-state index >= 15 is 0 Å². The van der Waals surface area contributed by atoms with Crippen molar-refractivity contribution in [2.24, 2.45) is 9.50 Å². The molecule has 2 aliphatic carbocycles. The first-order chi connectivity index (χ1) is 13.6. The molecule has 2 aromatic rings. The molecule has 0 aliphatic heterocycles. The zero-order valence-corrected chi connectivity index (χ0v) is 17.6. The lowest BCUT2D eigenvalue weighted by atomic mass is 9.90. The highest BCUT2D eigenvalue weighted by Gasteiger charge is 2.36. The van der Waals surface area contributed by atoms with Crippen molar-refractivity contribution < 1.29 is 13.4 Å². The number of pyridine rings is 1. The minimum absolute atomic E-state index is 0.0684. The second-order valence-corrected chi connectivity index (χ2v) is 9.91. The van der Waals surface area contributed by atoms with E-state index in [4.69, 9.17) is 10.1 Å². The van der Waals surface area contributed by atoms with Gasteiger partial charge in [-0.1, -0.05) is 13.8 Å². The highest BCUT2D eigenvalue weighted by molar-refractivity contribution is 7.91. The van der Waals surface area contributed by atoms with Gasteiger partial charge in [-0.05, 0) is 50.2 Å². The number of aryl methyl sites for hydroxylation is 2. The maximum absolute atomic E-state index is 14.1. The minimum Gasteiger partial charge on any atom is -0.305 e. The second-order valence-electron chi connectivity index (χ2n) is 8.20. The Hall–Kier alpha value is -2.33. The number of hydrogen-bond acceptors (Lipinski definition) is 4. The summed E-state index contributed by atoms with van der Waals surface area (Å²) in [6.07, 6.45) is 5.47. The monoisotopic (exact) mass is 420 g/mol. The van der Waals surface area contributed by atoms with Crippen LogP contribution in [0.15, 0.2) is 15.6 Å². The molecule has 0 aromatic carbocycles. The smallest absolute Gasteiger partial charge is 0.305 e. The topological polar surface area (TPSA) is 115 Å². The molecule has 29 heavy (non-hydrogen) atoms. The average Bonchev–Trinajstić information content (AvgIpc) is 3.32. The largest absolute Gasteiger partial charge is 0.354 e. The predicted molar refractivity (Wildman–Crippen MR) is 108 cm³/mol. The van der Waals surface area contributed by atoms with E-state index in [9.17, 15) is 13.4 Å². The SMILES string of the molecule is CCn1cc(F)c([S@@](N)(=O)=NC(=O)Nc2c3c(nc4c2CCC4(C)C)CCC3)n1. The van der Waals surface area contributed by atoms with Crippen LogP contribution in [-0.4, -0.2) is 25.0 Å². The van der Waals surface area contributed by atoms with Gasteiger partial charge in [0.15, 0.2) is 15.7 Å². The second kappa shape index (κ2) is 6.88. The molecule has 2 aromatic heterocycles. The van der Waals surface area contributed by atoms with Crippen molar-refractivity contribution in [2.75, 3.05) is 5.32 Å². The summed E-state index contributed by atoms with van der Waals surface area (Å²) in [6.45, 7) is 6.42. The van der Waals surface area contributed by atoms with Crippen LogP contribution in [0.3, 0.4) is 0 Å². The third-order valence-corrected chi connectivity index (χ3v) is 6.97. The first-order valence-corrected chi connectivity index (χ1v) is 11.3. The Labute approximate surface area is 169 Å². The van der Waals surface area contributed by atoms with Gasteiger partial charge in [0.2, 0.25) is 5.03 Å². The van der Waals surface area contributed by atoms with Crippen LogP contribution in [0.4, 0.5) is 14.9 Å². The molecule has 8 nitrogen and oxygen atoms in total. The van der Waals surface area contributed by atoms with E-state index in [-0.39, 0.29) is 5.41 Å². The maximum Gasteiger partial charge on any atom is 0.354 e. The number of nitrogens with zero attached hydrogens (tertiary/aromatic N) is 4. The molecular formula is C19H25FN6O2S. The van der Waals surface area contributed by atoms with Crippen molar-refractivity contribution in [3.05, 3.63) is 34.5 Å². The van der Waals surface area contributed by atoms with Gasteiger partial charge in [-0.15, -0.1) is 4.36 Å². The highest BCUT2D eigenvalue weighted by atomic mass is 32.2. The van der Waals surface area contributed by atoms with Gasteiger partial charge in [-0.3, -0.25) is 9.67 Å². The van der Waals surface area contributed by atoms with Crippen molar-refractivity contribution in [1.29, 1.82) is 0 Å². The number of fused-ring (bicyclic) bond motifs is 2. The molecule has 1 atom stereocenters. The number of anilines is 1. The van der Waals surface area contributed by atoms with Crippen LogP contribution in [0.1, 0.15) is 56.1 Å². The van der Waals surface area contributed by atoms with Crippen LogP contribution >= 0.6 is 0 Å². The molecule has 2 heterocycles. The Bertz CT molecular complexity index is 1130. The first-order valence-electron chi connectivity index (χ1n) is 9.76. The molecule has 156 valence electrons. The zero-order valence-electron chi connectivity index (χ0n) is 16.8. The van der Waals surface area contributed by atoms with Crippen molar-refractivity contribution in [3.63, 3.8) is 0 Å². The van der Waals surface area contributed by atoms with E-state index in [0.29, 0.717) is 12.2 Å². The summed E-state index contributed by atoms with van der Waals surface area (Å²) in [5.41, 5.74) is 4.64. The number of urea groups is 1. The Morgan fingerprint density at radius 3 is 2.83 bits per heavy atom. The van der Waals surface area contributed by atoms with Gasteiger partial charge in [-0.2, -0.15) is 5.10 Å². The number of carbonyl (C=O) groups is 1. The average molecular weight is 421 g/mol. The number of nitrogens with one attached hydrogen (secondary N) is 1. The summed E-state index contributed by atoms with van der Waals surface area (Å²) in [5.74, 6) is -0.844. The van der Waals surface area contributed by atoms with Gasteiger partial charge in [0.05, 0.1) is 17.6 Å². The summed E-state index contributed by atoms with van der Waals surface area (Å²) in [7, 11) is -3.81. The maximum atomic E-state index is 14.1. The summed E-state index contributed by atoms with van der Waals surface area (Å²) < 4.78 is 31.7. The predicted octanol–water partition coefficient (Wildman–Crippen LogP) is 3.08. The summed E-state index contributed by atoms with van der Waals surface area (Å²) in [5, 5.41) is 11.8. The van der Waals surface area contributed by atoms with E-state index in [1.807, 2.05) is 0 Å². The standard InChI is InChI=1S/C19H25FN6O2S/c1-4-26-10-13(20)17(24-26)29(21,28)25-18(27)23-15-11-6-5-7-14(11)22-16-12(15)8-9-19(16,2)3/h10H,4-9H2,1-3H3,(H3,21,22,23,25,27,28)/t29-/m0/s1. The van der Waals surface area contributed by atoms with Gasteiger partial charge < -0.3 is 5.32 Å². The summed E-state index contributed by atoms with van der Waals surface area (Å²) >= 11 is 0. The molecule has 0 bridgehead atoms. The van der Waals surface area contributed by atoms with E-state index in [0.717, 1.165) is 60.8 Å². The van der Waals surface area contributed by atoms with Crippen LogP contribution in [-0.2, 0) is 41.1 Å². The van der Waals surface area contributed by atoms with E-state index < -0.39 is 26.8 Å². The van der Waals surface area contributed by atoms with Gasteiger partial charge in [0.1, 0.15) is 0 Å². The van der Waals surface area contributed by atoms with Crippen molar-refractivity contribution in [1.82, 2.24) is 14.8 Å². The quantitative estimate of drug-likeness (QED) is 0.794. The number of nitrogens with two attached hydrogens (primary N) is 1. The molecule has 0 unspecified atom stereocenters. The molecule has 0 radical (unpaired) electrons. The Balaban J connectivity index is 1.72. The third-order valence-electron chi connectivity index (χ3n) is 5.70. The van der Waals surface area contributed by atoms with Crippen molar-refractivity contribution in [3.8, 4) is 0 Å². The summed E-state index contributed by atoms with van der Waals surface area (Å²) in [4.78, 5) is 17.5. The van der Waals surface area contributed by atoms with Crippen molar-refractivity contribution in [2.45, 2.75) is 69.9 Å². The van der Waals surface area contributed by atoms with Crippen LogP contribution in [0, 0.1) is 5.82 Å². The molecular weight excluding hydrogens is 395 g/mol. The van der Waals surface area contributed by atoms with Gasteiger partial charge in [-0.25, -0.2) is 18.5 Å². The fraction of sp³-hybridized carbons (Fsp3) is 0.526. The molecule has 0 fully saturated rings. The first kappa shape index (κ1) is 20.0. The fourth-order valence-corrected chi connectivity index (χ4v) is 5.10. The Morgan fingerprint density at radius 2 is 2.14 bits per heavy atom. The number of amides is 2. The van der Waals surface area contributed by atoms with E-state index in [2.05, 4.69) is 28.6 Å². The number of halogens is 1. The van der Waals surface area contributed by atoms with E-state index in [1.54, 1.807) is 6.92 Å². The lowest BCUT2D eigenvalue weighted by Crippen LogP contribution is -2.21. The van der Waals surface area contributed by atoms with E-state index in [1.165, 1.54) is 4.68 Å². The molecule has 2 amide bonds. The number of aromatic nitrogens is 3. The molecule has 10 heteroatoms. The molecule has 0 saturated heterocycles. The molecule has 0 saturated carbocycles. The Kier molecular flexibility index (Phi) is 4.73. The highest BCUT2D eigenvalue weighted by Crippen LogP contribution is 2.44. The zero-order chi connectivity index (χ0) is 21.0. The van der Waals surface area contributed by atoms with Crippen LogP contribution < -0.4 is 10.5 Å². The summed E-state index contributed by atoms with van der Waals surface area (Å²) in [6, 6.07) is -0.866. The molecule has 4 rings (SSSR count). The van der Waals surface area contributed by atoms with Gasteiger partial charge in [0.25, 0.3) is 0 Å². The van der Waals surface area contributed by atoms with Crippen LogP contribution in [0.5, 0.6) is 0 Å². The third kappa shape index (κ3) is 3.44. The van der Waals surface area contributed by atoms with Gasteiger partial charge in [0, 0.05) is 17.7 Å². The van der Waals surface area contributed by atoms with Crippen LogP contribution in [0.25, 0.3) is 0 Å². The van der Waals surface area contributed by atoms with Crippen LogP contribution in [0.2, 0.25) is 0 Å².